The van der Waals surface area contributed by atoms with Gasteiger partial charge in [-0.25, -0.2) is 4.79 Å². The average Bonchev–Trinajstić information content (AvgIpc) is 2.33. The number of carbonyl (C=O) groups excluding carboxylic acids is 1. The Morgan fingerprint density at radius 3 is 2.58 bits per heavy atom. The molecule has 110 valence electrons. The minimum atomic E-state index is -0.400. The standard InChI is InChI=1S/C15H28N2O2/c1-5-9-16-10-6-13-7-11-17(12-8-13)14(18)19-15(2,3)4/h5,13,16H,1,6-12H2,2-4H3. The third-order valence-corrected chi connectivity index (χ3v) is 3.28. The first-order valence-corrected chi connectivity index (χ1v) is 7.22. The van der Waals surface area contributed by atoms with Gasteiger partial charge in [0.15, 0.2) is 0 Å². The molecule has 0 radical (unpaired) electrons. The Morgan fingerprint density at radius 1 is 1.42 bits per heavy atom. The second-order valence-electron chi connectivity index (χ2n) is 6.19. The maximum absolute atomic E-state index is 11.9. The molecular formula is C15H28N2O2. The van der Waals surface area contributed by atoms with Crippen molar-refractivity contribution < 1.29 is 9.53 Å². The predicted molar refractivity (Wildman–Crippen MR) is 78.2 cm³/mol. The lowest BCUT2D eigenvalue weighted by molar-refractivity contribution is 0.0181. The number of nitrogens with one attached hydrogen (secondary N) is 1. The summed E-state index contributed by atoms with van der Waals surface area (Å²) in [4.78, 5) is 13.7. The number of hydrogen-bond donors (Lipinski definition) is 1. The van der Waals surface area contributed by atoms with Crippen LogP contribution in [0.4, 0.5) is 4.79 Å². The summed E-state index contributed by atoms with van der Waals surface area (Å²) < 4.78 is 5.39. The van der Waals surface area contributed by atoms with E-state index in [4.69, 9.17) is 4.74 Å². The van der Waals surface area contributed by atoms with Crippen molar-refractivity contribution in [3.05, 3.63) is 12.7 Å². The molecule has 0 bridgehead atoms. The molecule has 0 atom stereocenters. The number of ether oxygens (including phenoxy) is 1. The van der Waals surface area contributed by atoms with Crippen LogP contribution in [-0.4, -0.2) is 42.8 Å². The van der Waals surface area contributed by atoms with E-state index in [1.807, 2.05) is 31.7 Å². The first kappa shape index (κ1) is 16.0. The second-order valence-corrected chi connectivity index (χ2v) is 6.19. The van der Waals surface area contributed by atoms with Gasteiger partial charge in [-0.15, -0.1) is 6.58 Å². The minimum Gasteiger partial charge on any atom is -0.444 e. The van der Waals surface area contributed by atoms with Gasteiger partial charge in [0.25, 0.3) is 0 Å². The van der Waals surface area contributed by atoms with Gasteiger partial charge in [0.2, 0.25) is 0 Å². The smallest absolute Gasteiger partial charge is 0.410 e. The summed E-state index contributed by atoms with van der Waals surface area (Å²) in [6.07, 6.45) is 5.04. The number of rotatable bonds is 5. The van der Waals surface area contributed by atoms with Crippen LogP contribution in [0.15, 0.2) is 12.7 Å². The van der Waals surface area contributed by atoms with E-state index in [2.05, 4.69) is 11.9 Å². The minimum absolute atomic E-state index is 0.171. The zero-order chi connectivity index (χ0) is 14.3. The first-order chi connectivity index (χ1) is 8.92. The van der Waals surface area contributed by atoms with Crippen LogP contribution >= 0.6 is 0 Å². The van der Waals surface area contributed by atoms with Crippen LogP contribution < -0.4 is 5.32 Å². The SMILES string of the molecule is C=CCNCCC1CCN(C(=O)OC(C)(C)C)CC1. The summed E-state index contributed by atoms with van der Waals surface area (Å²) in [5.41, 5.74) is -0.400. The lowest BCUT2D eigenvalue weighted by Gasteiger charge is -2.33. The summed E-state index contributed by atoms with van der Waals surface area (Å²) in [6.45, 7) is 12.9. The number of nitrogens with zero attached hydrogens (tertiary/aromatic N) is 1. The molecule has 0 spiro atoms. The summed E-state index contributed by atoms with van der Waals surface area (Å²) >= 11 is 0. The molecule has 1 rings (SSSR count). The molecule has 0 saturated carbocycles. The van der Waals surface area contributed by atoms with Crippen LogP contribution in [0.25, 0.3) is 0 Å². The van der Waals surface area contributed by atoms with Gasteiger partial charge in [0.05, 0.1) is 0 Å². The molecule has 1 aliphatic rings. The number of hydrogen-bond acceptors (Lipinski definition) is 3. The molecule has 4 nitrogen and oxygen atoms in total. The topological polar surface area (TPSA) is 41.6 Å². The van der Waals surface area contributed by atoms with Gasteiger partial charge in [-0.3, -0.25) is 0 Å². The van der Waals surface area contributed by atoms with Crippen LogP contribution in [0.2, 0.25) is 0 Å². The highest BCUT2D eigenvalue weighted by Gasteiger charge is 2.26. The van der Waals surface area contributed by atoms with Gasteiger partial charge in [-0.2, -0.15) is 0 Å². The Kier molecular flexibility index (Phi) is 6.35. The monoisotopic (exact) mass is 268 g/mol. The van der Waals surface area contributed by atoms with E-state index in [0.717, 1.165) is 44.9 Å². The molecule has 0 aliphatic carbocycles. The molecule has 0 aromatic carbocycles. The van der Waals surface area contributed by atoms with Gasteiger partial charge >= 0.3 is 6.09 Å². The Morgan fingerprint density at radius 2 is 2.05 bits per heavy atom. The van der Waals surface area contributed by atoms with Crippen LogP contribution in [0.5, 0.6) is 0 Å². The lowest BCUT2D eigenvalue weighted by Crippen LogP contribution is -2.42. The zero-order valence-corrected chi connectivity index (χ0v) is 12.6. The largest absolute Gasteiger partial charge is 0.444 e. The quantitative estimate of drug-likeness (QED) is 0.616. The van der Waals surface area contributed by atoms with Gasteiger partial charge in [-0.05, 0) is 52.5 Å². The molecule has 1 aliphatic heterocycles. The van der Waals surface area contributed by atoms with E-state index >= 15 is 0 Å². The van der Waals surface area contributed by atoms with E-state index < -0.39 is 5.60 Å². The zero-order valence-electron chi connectivity index (χ0n) is 12.6. The van der Waals surface area contributed by atoms with E-state index in [-0.39, 0.29) is 6.09 Å². The van der Waals surface area contributed by atoms with Crippen LogP contribution in [-0.2, 0) is 4.74 Å². The van der Waals surface area contributed by atoms with E-state index in [9.17, 15) is 4.79 Å². The normalized spacial score (nSPS) is 17.3. The fraction of sp³-hybridized carbons (Fsp3) is 0.800. The van der Waals surface area contributed by atoms with Gasteiger partial charge < -0.3 is 15.0 Å². The molecule has 1 fully saturated rings. The fourth-order valence-corrected chi connectivity index (χ4v) is 2.24. The molecule has 1 heterocycles. The van der Waals surface area contributed by atoms with Crippen molar-refractivity contribution in [1.29, 1.82) is 0 Å². The summed E-state index contributed by atoms with van der Waals surface area (Å²) in [7, 11) is 0. The van der Waals surface area contributed by atoms with Crippen molar-refractivity contribution in [3.8, 4) is 0 Å². The van der Waals surface area contributed by atoms with Crippen molar-refractivity contribution in [2.24, 2.45) is 5.92 Å². The second kappa shape index (κ2) is 7.53. The number of amides is 1. The molecule has 19 heavy (non-hydrogen) atoms. The van der Waals surface area contributed by atoms with Crippen LogP contribution in [0, 0.1) is 5.92 Å². The third kappa shape index (κ3) is 6.62. The van der Waals surface area contributed by atoms with Crippen LogP contribution in [0.1, 0.15) is 40.0 Å². The van der Waals surface area contributed by atoms with Crippen LogP contribution in [0.3, 0.4) is 0 Å². The highest BCUT2D eigenvalue weighted by Crippen LogP contribution is 2.21. The molecule has 0 unspecified atom stereocenters. The lowest BCUT2D eigenvalue weighted by atomic mass is 9.94. The third-order valence-electron chi connectivity index (χ3n) is 3.28. The van der Waals surface area contributed by atoms with Gasteiger partial charge in [-0.1, -0.05) is 6.08 Å². The Balaban J connectivity index is 2.21. The van der Waals surface area contributed by atoms with Crippen molar-refractivity contribution in [3.63, 3.8) is 0 Å². The first-order valence-electron chi connectivity index (χ1n) is 7.22. The van der Waals surface area contributed by atoms with E-state index in [1.54, 1.807) is 0 Å². The molecular weight excluding hydrogens is 240 g/mol. The fourth-order valence-electron chi connectivity index (χ4n) is 2.24. The highest BCUT2D eigenvalue weighted by molar-refractivity contribution is 5.68. The maximum atomic E-state index is 11.9. The van der Waals surface area contributed by atoms with Crippen molar-refractivity contribution >= 4 is 6.09 Å². The predicted octanol–water partition coefficient (Wildman–Crippen LogP) is 2.80. The van der Waals surface area contributed by atoms with Crippen molar-refractivity contribution in [2.45, 2.75) is 45.6 Å². The molecule has 1 amide bonds. The number of carbonyl (C=O) groups is 1. The van der Waals surface area contributed by atoms with Gasteiger partial charge in [0, 0.05) is 19.6 Å². The molecule has 0 aromatic rings. The average molecular weight is 268 g/mol. The maximum Gasteiger partial charge on any atom is 0.410 e. The Bertz CT molecular complexity index is 289. The Hall–Kier alpha value is -1.03. The van der Waals surface area contributed by atoms with Gasteiger partial charge in [0.1, 0.15) is 5.60 Å². The summed E-state index contributed by atoms with van der Waals surface area (Å²) in [5.74, 6) is 0.719. The van der Waals surface area contributed by atoms with E-state index in [0.29, 0.717) is 0 Å². The van der Waals surface area contributed by atoms with Crippen molar-refractivity contribution in [2.75, 3.05) is 26.2 Å². The van der Waals surface area contributed by atoms with E-state index in [1.165, 1.54) is 6.42 Å². The number of likely N-dealkylation sites (tertiary alicyclic amines) is 1. The highest BCUT2D eigenvalue weighted by atomic mass is 16.6. The molecule has 1 saturated heterocycles. The Labute approximate surface area is 117 Å². The summed E-state index contributed by atoms with van der Waals surface area (Å²) in [5, 5.41) is 3.32. The molecule has 1 N–H and O–H groups in total. The molecule has 4 heteroatoms. The number of piperidine rings is 1. The molecule has 0 aromatic heterocycles. The summed E-state index contributed by atoms with van der Waals surface area (Å²) in [6, 6.07) is 0. The van der Waals surface area contributed by atoms with Crippen molar-refractivity contribution in [1.82, 2.24) is 10.2 Å².